The Hall–Kier alpha value is -3.11. The van der Waals surface area contributed by atoms with Gasteiger partial charge in [0.05, 0.1) is 11.4 Å². The van der Waals surface area contributed by atoms with Crippen molar-refractivity contribution in [3.8, 4) is 22.8 Å². The van der Waals surface area contributed by atoms with Gasteiger partial charge >= 0.3 is 21.1 Å². The summed E-state index contributed by atoms with van der Waals surface area (Å²) >= 11 is 0. The van der Waals surface area contributed by atoms with Crippen LogP contribution in [0.15, 0.2) is 60.9 Å². The normalized spacial score (nSPS) is 14.5. The van der Waals surface area contributed by atoms with Crippen LogP contribution in [0.25, 0.3) is 33.5 Å². The predicted molar refractivity (Wildman–Crippen MR) is 162 cm³/mol. The van der Waals surface area contributed by atoms with E-state index >= 15 is 0 Å². The Morgan fingerprint density at radius 2 is 1.54 bits per heavy atom. The second kappa shape index (κ2) is 11.6. The fraction of sp³-hybridized carbons (Fsp3) is 0.412. The Labute approximate surface area is 258 Å². The van der Waals surface area contributed by atoms with Gasteiger partial charge in [-0.15, -0.1) is 0 Å². The molecule has 7 heteroatoms. The Balaban J connectivity index is 0.000000300. The maximum absolute atomic E-state index is 5.06. The molecule has 0 unspecified atom stereocenters. The van der Waals surface area contributed by atoms with Crippen molar-refractivity contribution in [1.29, 1.82) is 0 Å². The van der Waals surface area contributed by atoms with Crippen molar-refractivity contribution in [1.82, 2.24) is 30.4 Å². The van der Waals surface area contributed by atoms with E-state index in [2.05, 4.69) is 123 Å². The Kier molecular flexibility index (Phi) is 8.75. The van der Waals surface area contributed by atoms with E-state index in [-0.39, 0.29) is 37.3 Å². The van der Waals surface area contributed by atoms with Gasteiger partial charge in [-0.2, -0.15) is 0 Å². The molecule has 0 aliphatic heterocycles. The smallest absolute Gasteiger partial charge is 0.573 e. The number of benzene rings is 1. The standard InChI is InChI=1S/C25H27N5.C9H13N.Pt/c1-24(2,3)20-14-19(27-28-20)21-16-10-7-6-9-15(16)13-18(26-21)22-17-11-8-12-25(4,5)23(17)30-29-22;1-9(2,3)8-4-6-10-7-5-8;/h6-7,9-10,13-14H,8,11-12H2,1-5H3;4-7H,1-3H3;/q-2;;+2. The van der Waals surface area contributed by atoms with Crippen LogP contribution in [0, 0.1) is 0 Å². The summed E-state index contributed by atoms with van der Waals surface area (Å²) in [5.41, 5.74) is 8.41. The van der Waals surface area contributed by atoms with Gasteiger partial charge in [0.1, 0.15) is 0 Å². The molecule has 1 aromatic carbocycles. The first-order valence-corrected chi connectivity index (χ1v) is 14.2. The van der Waals surface area contributed by atoms with Crippen molar-refractivity contribution in [2.75, 3.05) is 0 Å². The van der Waals surface area contributed by atoms with Crippen molar-refractivity contribution in [2.45, 2.75) is 90.9 Å². The van der Waals surface area contributed by atoms with Gasteiger partial charge in [0, 0.05) is 40.0 Å². The van der Waals surface area contributed by atoms with Gasteiger partial charge in [-0.25, -0.2) is 0 Å². The molecule has 0 spiro atoms. The molecule has 0 bridgehead atoms. The van der Waals surface area contributed by atoms with E-state index in [1.165, 1.54) is 11.1 Å². The maximum Gasteiger partial charge on any atom is 2.00 e. The fourth-order valence-electron chi connectivity index (χ4n) is 5.29. The minimum Gasteiger partial charge on any atom is -0.573 e. The molecule has 4 heterocycles. The van der Waals surface area contributed by atoms with E-state index in [4.69, 9.17) is 4.98 Å². The van der Waals surface area contributed by atoms with Gasteiger partial charge in [0.2, 0.25) is 0 Å². The first-order valence-electron chi connectivity index (χ1n) is 14.2. The minimum absolute atomic E-state index is 0. The van der Waals surface area contributed by atoms with Crippen LogP contribution in [-0.2, 0) is 43.7 Å². The summed E-state index contributed by atoms with van der Waals surface area (Å²) in [5.74, 6) is 0. The predicted octanol–water partition coefficient (Wildman–Crippen LogP) is 7.56. The molecule has 6 nitrogen and oxygen atoms in total. The van der Waals surface area contributed by atoms with Crippen LogP contribution in [0.2, 0.25) is 0 Å². The summed E-state index contributed by atoms with van der Waals surface area (Å²) in [6, 6.07) is 16.6. The molecule has 0 atom stereocenters. The van der Waals surface area contributed by atoms with Crippen LogP contribution >= 0.6 is 0 Å². The molecule has 1 aliphatic carbocycles. The summed E-state index contributed by atoms with van der Waals surface area (Å²) in [4.78, 5) is 9.02. The number of hydrogen-bond acceptors (Lipinski definition) is 4. The first-order chi connectivity index (χ1) is 18.8. The molecule has 0 fully saturated rings. The number of fused-ring (bicyclic) bond motifs is 2. The van der Waals surface area contributed by atoms with Crippen LogP contribution in [0.4, 0.5) is 0 Å². The van der Waals surface area contributed by atoms with Crippen LogP contribution in [0.3, 0.4) is 0 Å². The van der Waals surface area contributed by atoms with Gasteiger partial charge in [0.15, 0.2) is 0 Å². The third-order valence-electron chi connectivity index (χ3n) is 7.77. The average molecular weight is 728 g/mol. The molecule has 41 heavy (non-hydrogen) atoms. The molecule has 0 radical (unpaired) electrons. The van der Waals surface area contributed by atoms with Gasteiger partial charge in [-0.3, -0.25) is 9.97 Å². The zero-order valence-corrected chi connectivity index (χ0v) is 27.7. The van der Waals surface area contributed by atoms with Crippen molar-refractivity contribution < 1.29 is 21.1 Å². The van der Waals surface area contributed by atoms with Gasteiger partial charge < -0.3 is 20.4 Å². The molecule has 1 aliphatic rings. The monoisotopic (exact) mass is 727 g/mol. The molecule has 0 N–H and O–H groups in total. The number of aromatic nitrogens is 6. The topological polar surface area (TPSA) is 79.8 Å². The molecule has 0 saturated heterocycles. The SMILES string of the molecule is CC(C)(C)c1cc(-c2nc(-c3[n-]nc4c3CCCC4(C)C)cc3ccccc23)[n-]n1.CC(C)(C)c1ccncc1.[Pt+2]. The summed E-state index contributed by atoms with van der Waals surface area (Å²) in [6.07, 6.45) is 6.98. The zero-order valence-electron chi connectivity index (χ0n) is 25.4. The Morgan fingerprint density at radius 1 is 0.829 bits per heavy atom. The van der Waals surface area contributed by atoms with E-state index in [0.29, 0.717) is 0 Å². The van der Waals surface area contributed by atoms with E-state index in [0.717, 1.165) is 64.2 Å². The van der Waals surface area contributed by atoms with Crippen molar-refractivity contribution in [3.05, 3.63) is 83.4 Å². The van der Waals surface area contributed by atoms with E-state index in [9.17, 15) is 0 Å². The van der Waals surface area contributed by atoms with Gasteiger partial charge in [-0.05, 0) is 59.4 Å². The van der Waals surface area contributed by atoms with Crippen LogP contribution in [-0.4, -0.2) is 20.2 Å². The quantitative estimate of drug-likeness (QED) is 0.187. The van der Waals surface area contributed by atoms with Gasteiger partial charge in [-0.1, -0.05) is 97.1 Å². The summed E-state index contributed by atoms with van der Waals surface area (Å²) < 4.78 is 0. The average Bonchev–Trinajstić information content (AvgIpc) is 3.57. The van der Waals surface area contributed by atoms with Crippen molar-refractivity contribution >= 4 is 10.8 Å². The largest absolute Gasteiger partial charge is 2.00 e. The van der Waals surface area contributed by atoms with Crippen molar-refractivity contribution in [2.24, 2.45) is 0 Å². The summed E-state index contributed by atoms with van der Waals surface area (Å²) in [6.45, 7) is 17.6. The Morgan fingerprint density at radius 3 is 2.17 bits per heavy atom. The van der Waals surface area contributed by atoms with Gasteiger partial charge in [0.25, 0.3) is 0 Å². The third kappa shape index (κ3) is 6.54. The number of hydrogen-bond donors (Lipinski definition) is 0. The van der Waals surface area contributed by atoms with Crippen LogP contribution in [0.5, 0.6) is 0 Å². The Bertz CT molecular complexity index is 1620. The van der Waals surface area contributed by atoms with Crippen LogP contribution in [0.1, 0.15) is 90.7 Å². The van der Waals surface area contributed by atoms with E-state index in [1.807, 2.05) is 18.5 Å². The molecular formula is C34H40N6Pt. The van der Waals surface area contributed by atoms with E-state index < -0.39 is 0 Å². The number of rotatable bonds is 2. The minimum atomic E-state index is -0.0551. The molecular weight excluding hydrogens is 687 g/mol. The molecule has 4 aromatic heterocycles. The third-order valence-corrected chi connectivity index (χ3v) is 7.77. The molecule has 216 valence electrons. The summed E-state index contributed by atoms with van der Waals surface area (Å²) in [7, 11) is 0. The molecule has 0 amide bonds. The summed E-state index contributed by atoms with van der Waals surface area (Å²) in [5, 5.41) is 20.3. The maximum atomic E-state index is 5.06. The molecule has 6 rings (SSSR count). The fourth-order valence-corrected chi connectivity index (χ4v) is 5.29. The zero-order chi connectivity index (χ0) is 28.7. The number of pyridine rings is 2. The second-order valence-electron chi connectivity index (χ2n) is 13.5. The molecule has 0 saturated carbocycles. The van der Waals surface area contributed by atoms with Crippen LogP contribution < -0.4 is 10.2 Å². The van der Waals surface area contributed by atoms with E-state index in [1.54, 1.807) is 0 Å². The first kappa shape index (κ1) is 30.8. The second-order valence-corrected chi connectivity index (χ2v) is 13.5. The van der Waals surface area contributed by atoms with Crippen molar-refractivity contribution in [3.63, 3.8) is 0 Å². The number of nitrogens with zero attached hydrogens (tertiary/aromatic N) is 6. The molecule has 5 aromatic rings.